The zero-order valence-electron chi connectivity index (χ0n) is 13.1. The van der Waals surface area contributed by atoms with E-state index in [1.807, 2.05) is 0 Å². The molecule has 0 bridgehead atoms. The van der Waals surface area contributed by atoms with Gasteiger partial charge in [-0.25, -0.2) is 5.84 Å². The molecular weight excluding hydrogens is 264 g/mol. The van der Waals surface area contributed by atoms with Crippen molar-refractivity contribution in [1.29, 1.82) is 0 Å². The molecule has 0 atom stereocenters. The number of nitrogens with zero attached hydrogens (tertiary/aromatic N) is 2. The summed E-state index contributed by atoms with van der Waals surface area (Å²) in [4.78, 5) is 16.0. The maximum absolute atomic E-state index is 11.1. The van der Waals surface area contributed by atoms with Crippen LogP contribution < -0.4 is 16.2 Å². The lowest BCUT2D eigenvalue weighted by atomic mass is 10.1. The van der Waals surface area contributed by atoms with E-state index in [9.17, 15) is 4.79 Å². The quantitative estimate of drug-likeness (QED) is 0.486. The number of amides is 1. The predicted octanol–water partition coefficient (Wildman–Crippen LogP) is 1.20. The lowest BCUT2D eigenvalue weighted by Gasteiger charge is -2.37. The fourth-order valence-corrected chi connectivity index (χ4v) is 2.83. The molecule has 1 aliphatic rings. The monoisotopic (exact) mass is 290 g/mol. The molecule has 1 aliphatic heterocycles. The standard InChI is InChI=1S/C16H26N4O/c1-13-5-3-6-15(14(13)2)20-11-9-19(10-12-20)8-4-7-16(21)18-17/h3,5-6H,4,7-12,17H2,1-2H3,(H,18,21). The molecule has 0 saturated carbocycles. The lowest BCUT2D eigenvalue weighted by molar-refractivity contribution is -0.121. The van der Waals surface area contributed by atoms with Crippen molar-refractivity contribution in [3.8, 4) is 0 Å². The molecule has 1 amide bonds. The topological polar surface area (TPSA) is 61.6 Å². The number of anilines is 1. The van der Waals surface area contributed by atoms with Crippen LogP contribution in [0.2, 0.25) is 0 Å². The van der Waals surface area contributed by atoms with Gasteiger partial charge in [0, 0.05) is 38.3 Å². The fourth-order valence-electron chi connectivity index (χ4n) is 2.83. The van der Waals surface area contributed by atoms with E-state index >= 15 is 0 Å². The Labute approximate surface area is 127 Å². The van der Waals surface area contributed by atoms with E-state index in [1.165, 1.54) is 16.8 Å². The summed E-state index contributed by atoms with van der Waals surface area (Å²) in [5, 5.41) is 0. The maximum Gasteiger partial charge on any atom is 0.233 e. The number of carbonyl (C=O) groups is 1. The second kappa shape index (κ2) is 7.43. The zero-order chi connectivity index (χ0) is 15.2. The van der Waals surface area contributed by atoms with Crippen LogP contribution in [0.1, 0.15) is 24.0 Å². The number of hydrogen-bond acceptors (Lipinski definition) is 4. The summed E-state index contributed by atoms with van der Waals surface area (Å²) in [5.74, 6) is 5.00. The minimum atomic E-state index is -0.0796. The highest BCUT2D eigenvalue weighted by atomic mass is 16.2. The molecule has 1 fully saturated rings. The van der Waals surface area contributed by atoms with Crippen LogP contribution in [0.15, 0.2) is 18.2 Å². The van der Waals surface area contributed by atoms with Crippen molar-refractivity contribution in [3.63, 3.8) is 0 Å². The molecule has 1 saturated heterocycles. The van der Waals surface area contributed by atoms with Gasteiger partial charge in [0.05, 0.1) is 0 Å². The van der Waals surface area contributed by atoms with Crippen molar-refractivity contribution in [2.24, 2.45) is 5.84 Å². The van der Waals surface area contributed by atoms with Gasteiger partial charge in [0.15, 0.2) is 0 Å². The molecule has 0 unspecified atom stereocenters. The van der Waals surface area contributed by atoms with Crippen molar-refractivity contribution in [3.05, 3.63) is 29.3 Å². The number of nitrogens with one attached hydrogen (secondary N) is 1. The summed E-state index contributed by atoms with van der Waals surface area (Å²) in [7, 11) is 0. The molecule has 2 rings (SSSR count). The van der Waals surface area contributed by atoms with Gasteiger partial charge in [0.25, 0.3) is 0 Å². The molecule has 1 aromatic carbocycles. The fraction of sp³-hybridized carbons (Fsp3) is 0.562. The summed E-state index contributed by atoms with van der Waals surface area (Å²) < 4.78 is 0. The SMILES string of the molecule is Cc1cccc(N2CCN(CCCC(=O)NN)CC2)c1C. The van der Waals surface area contributed by atoms with Crippen molar-refractivity contribution < 1.29 is 4.79 Å². The number of hydrazine groups is 1. The number of hydrogen-bond donors (Lipinski definition) is 2. The minimum absolute atomic E-state index is 0.0796. The molecule has 3 N–H and O–H groups in total. The van der Waals surface area contributed by atoms with Gasteiger partial charge in [-0.3, -0.25) is 15.1 Å². The third kappa shape index (κ3) is 4.19. The molecule has 0 aromatic heterocycles. The average Bonchev–Trinajstić information content (AvgIpc) is 2.51. The van der Waals surface area contributed by atoms with E-state index in [-0.39, 0.29) is 5.91 Å². The van der Waals surface area contributed by atoms with Gasteiger partial charge < -0.3 is 4.90 Å². The van der Waals surface area contributed by atoms with Gasteiger partial charge in [-0.15, -0.1) is 0 Å². The van der Waals surface area contributed by atoms with Crippen LogP contribution in [-0.2, 0) is 4.79 Å². The first kappa shape index (κ1) is 15.8. The minimum Gasteiger partial charge on any atom is -0.369 e. The Balaban J connectivity index is 1.80. The van der Waals surface area contributed by atoms with Crippen LogP contribution in [0.25, 0.3) is 0 Å². The Kier molecular flexibility index (Phi) is 5.59. The smallest absolute Gasteiger partial charge is 0.233 e. The average molecular weight is 290 g/mol. The number of aryl methyl sites for hydroxylation is 1. The van der Waals surface area contributed by atoms with Gasteiger partial charge in [-0.1, -0.05) is 12.1 Å². The summed E-state index contributed by atoms with van der Waals surface area (Å²) in [5.41, 5.74) is 6.27. The van der Waals surface area contributed by atoms with Crippen LogP contribution in [0.5, 0.6) is 0 Å². The van der Waals surface area contributed by atoms with Crippen molar-refractivity contribution in [2.45, 2.75) is 26.7 Å². The number of rotatable bonds is 5. The molecule has 0 spiro atoms. The summed E-state index contributed by atoms with van der Waals surface area (Å²) >= 11 is 0. The van der Waals surface area contributed by atoms with Crippen molar-refractivity contribution in [2.75, 3.05) is 37.6 Å². The Hall–Kier alpha value is -1.59. The van der Waals surface area contributed by atoms with Crippen LogP contribution >= 0.6 is 0 Å². The van der Waals surface area contributed by atoms with Crippen molar-refractivity contribution >= 4 is 11.6 Å². The Bertz CT molecular complexity index is 481. The Morgan fingerprint density at radius 1 is 1.24 bits per heavy atom. The highest BCUT2D eigenvalue weighted by Crippen LogP contribution is 2.23. The number of benzene rings is 1. The molecule has 1 aromatic rings. The third-order valence-electron chi connectivity index (χ3n) is 4.33. The highest BCUT2D eigenvalue weighted by Gasteiger charge is 2.18. The molecule has 21 heavy (non-hydrogen) atoms. The third-order valence-corrected chi connectivity index (χ3v) is 4.33. The van der Waals surface area contributed by atoms with E-state index < -0.39 is 0 Å². The molecule has 1 heterocycles. The zero-order valence-corrected chi connectivity index (χ0v) is 13.1. The first-order valence-electron chi connectivity index (χ1n) is 7.65. The largest absolute Gasteiger partial charge is 0.369 e. The number of piperazine rings is 1. The number of carbonyl (C=O) groups excluding carboxylic acids is 1. The van der Waals surface area contributed by atoms with Crippen LogP contribution in [0.3, 0.4) is 0 Å². The van der Waals surface area contributed by atoms with Gasteiger partial charge in [-0.05, 0) is 44.0 Å². The molecule has 116 valence electrons. The normalized spacial score (nSPS) is 16.0. The summed E-state index contributed by atoms with van der Waals surface area (Å²) in [6.07, 6.45) is 1.38. The summed E-state index contributed by atoms with van der Waals surface area (Å²) in [6, 6.07) is 6.51. The molecule has 5 heteroatoms. The molecule has 0 radical (unpaired) electrons. The van der Waals surface area contributed by atoms with E-state index in [4.69, 9.17) is 5.84 Å². The first-order chi connectivity index (χ1) is 10.1. The Morgan fingerprint density at radius 2 is 1.95 bits per heavy atom. The van der Waals surface area contributed by atoms with Gasteiger partial charge >= 0.3 is 0 Å². The lowest BCUT2D eigenvalue weighted by Crippen LogP contribution is -2.47. The van der Waals surface area contributed by atoms with Crippen LogP contribution in [-0.4, -0.2) is 43.5 Å². The van der Waals surface area contributed by atoms with Crippen LogP contribution in [0.4, 0.5) is 5.69 Å². The van der Waals surface area contributed by atoms with Crippen LogP contribution in [0, 0.1) is 13.8 Å². The second-order valence-electron chi connectivity index (χ2n) is 5.72. The summed E-state index contributed by atoms with van der Waals surface area (Å²) in [6.45, 7) is 9.53. The highest BCUT2D eigenvalue weighted by molar-refractivity contribution is 5.75. The number of nitrogens with two attached hydrogens (primary N) is 1. The Morgan fingerprint density at radius 3 is 2.62 bits per heavy atom. The van der Waals surface area contributed by atoms with E-state index in [2.05, 4.69) is 47.3 Å². The van der Waals surface area contributed by atoms with Gasteiger partial charge in [-0.2, -0.15) is 0 Å². The predicted molar refractivity (Wildman–Crippen MR) is 86.1 cm³/mol. The molecule has 0 aliphatic carbocycles. The second-order valence-corrected chi connectivity index (χ2v) is 5.72. The van der Waals surface area contributed by atoms with Gasteiger partial charge in [0.2, 0.25) is 5.91 Å². The van der Waals surface area contributed by atoms with Gasteiger partial charge in [0.1, 0.15) is 0 Å². The van der Waals surface area contributed by atoms with Crippen molar-refractivity contribution in [1.82, 2.24) is 10.3 Å². The molecular formula is C16H26N4O. The molecule has 5 nitrogen and oxygen atoms in total. The maximum atomic E-state index is 11.1. The first-order valence-corrected chi connectivity index (χ1v) is 7.65. The van der Waals surface area contributed by atoms with E-state index in [1.54, 1.807) is 0 Å². The van der Waals surface area contributed by atoms with E-state index in [0.717, 1.165) is 39.1 Å². The van der Waals surface area contributed by atoms with E-state index in [0.29, 0.717) is 6.42 Å².